The molecule has 2 rings (SSSR count). The lowest BCUT2D eigenvalue weighted by Crippen LogP contribution is -2.50. The van der Waals surface area contributed by atoms with Crippen LogP contribution in [0.1, 0.15) is 52.0 Å². The average molecular weight is 406 g/mol. The summed E-state index contributed by atoms with van der Waals surface area (Å²) in [6, 6.07) is 7.37. The number of rotatable bonds is 7. The van der Waals surface area contributed by atoms with Gasteiger partial charge in [0.15, 0.2) is 6.10 Å². The fourth-order valence-electron chi connectivity index (χ4n) is 2.47. The summed E-state index contributed by atoms with van der Waals surface area (Å²) in [6.07, 6.45) is 1.45. The first-order valence-electron chi connectivity index (χ1n) is 9.31. The minimum absolute atomic E-state index is 0.219. The Balaban J connectivity index is 1.67. The highest BCUT2D eigenvalue weighted by molar-refractivity contribution is 7.18. The van der Waals surface area contributed by atoms with E-state index in [2.05, 4.69) is 15.6 Å². The van der Waals surface area contributed by atoms with E-state index >= 15 is 0 Å². The molecule has 1 atom stereocenters. The van der Waals surface area contributed by atoms with Crippen LogP contribution in [0.4, 0.5) is 4.79 Å². The lowest BCUT2D eigenvalue weighted by molar-refractivity contribution is -0.154. The first kappa shape index (κ1) is 21.8. The quantitative estimate of drug-likeness (QED) is 0.542. The number of hydrogen-bond acceptors (Lipinski definition) is 6. The zero-order valence-corrected chi connectivity index (χ0v) is 17.5. The zero-order valence-electron chi connectivity index (χ0n) is 16.7. The van der Waals surface area contributed by atoms with Gasteiger partial charge in [-0.15, -0.1) is 11.3 Å². The molecule has 0 bridgehead atoms. The molecule has 0 saturated carbocycles. The molecular formula is C20H27N3O4S. The van der Waals surface area contributed by atoms with Crippen molar-refractivity contribution in [3.05, 3.63) is 29.3 Å². The molecule has 2 N–H and O–H groups in total. The molecule has 7 nitrogen and oxygen atoms in total. The van der Waals surface area contributed by atoms with Gasteiger partial charge in [-0.05, 0) is 59.1 Å². The first-order chi connectivity index (χ1) is 13.1. The van der Waals surface area contributed by atoms with Gasteiger partial charge in [-0.25, -0.2) is 9.78 Å². The second-order valence-corrected chi connectivity index (χ2v) is 8.72. The molecular weight excluding hydrogens is 378 g/mol. The molecule has 0 spiro atoms. The summed E-state index contributed by atoms with van der Waals surface area (Å²) in [5.41, 5.74) is 0.533. The normalized spacial score (nSPS) is 12.4. The minimum Gasteiger partial charge on any atom is -0.453 e. The van der Waals surface area contributed by atoms with Crippen molar-refractivity contribution in [2.24, 2.45) is 0 Å². The molecule has 0 aliphatic rings. The number of unbranched alkanes of at least 4 members (excludes halogenated alkanes) is 1. The zero-order chi connectivity index (χ0) is 20.7. The highest BCUT2D eigenvalue weighted by Crippen LogP contribution is 2.22. The van der Waals surface area contributed by atoms with Gasteiger partial charge in [-0.3, -0.25) is 14.9 Å². The van der Waals surface area contributed by atoms with Gasteiger partial charge in [0.05, 0.1) is 15.2 Å². The smallest absolute Gasteiger partial charge is 0.321 e. The van der Waals surface area contributed by atoms with Crippen molar-refractivity contribution in [2.75, 3.05) is 0 Å². The fourth-order valence-corrected chi connectivity index (χ4v) is 3.48. The lowest BCUT2D eigenvalue weighted by atomic mass is 10.1. The number of amides is 3. The number of esters is 1. The van der Waals surface area contributed by atoms with E-state index in [4.69, 9.17) is 4.74 Å². The van der Waals surface area contributed by atoms with E-state index in [9.17, 15) is 14.4 Å². The standard InChI is InChI=1S/C20H27N3O4S/c1-13(18(25)22-19(26)23-20(2,3)4)27-17(24)12-8-7-11-16-21-14-9-5-6-10-15(14)28-16/h5-6,9-10,13H,7-8,11-12H2,1-4H3,(H2,22,23,25,26)/t13-/m1/s1. The van der Waals surface area contributed by atoms with Crippen molar-refractivity contribution in [3.8, 4) is 0 Å². The molecule has 8 heteroatoms. The summed E-state index contributed by atoms with van der Waals surface area (Å²) < 4.78 is 6.26. The number of urea groups is 1. The Morgan fingerprint density at radius 1 is 1.18 bits per heavy atom. The maximum Gasteiger partial charge on any atom is 0.321 e. The molecule has 0 radical (unpaired) electrons. The number of ether oxygens (including phenoxy) is 1. The summed E-state index contributed by atoms with van der Waals surface area (Å²) in [5.74, 6) is -1.10. The van der Waals surface area contributed by atoms with Gasteiger partial charge in [0, 0.05) is 12.0 Å². The molecule has 1 heterocycles. The van der Waals surface area contributed by atoms with Crippen molar-refractivity contribution < 1.29 is 19.1 Å². The molecule has 1 aromatic carbocycles. The van der Waals surface area contributed by atoms with Gasteiger partial charge >= 0.3 is 12.0 Å². The van der Waals surface area contributed by atoms with E-state index in [1.165, 1.54) is 6.92 Å². The number of para-hydroxylation sites is 1. The summed E-state index contributed by atoms with van der Waals surface area (Å²) in [4.78, 5) is 40.1. The van der Waals surface area contributed by atoms with Crippen molar-refractivity contribution in [1.29, 1.82) is 0 Å². The second-order valence-electron chi connectivity index (χ2n) is 7.61. The number of aryl methyl sites for hydroxylation is 1. The SMILES string of the molecule is C[C@@H](OC(=O)CCCCc1nc2ccccc2s1)C(=O)NC(=O)NC(C)(C)C. The van der Waals surface area contributed by atoms with E-state index in [0.29, 0.717) is 6.42 Å². The van der Waals surface area contributed by atoms with Gasteiger partial charge in [0.1, 0.15) is 0 Å². The third-order valence-corrected chi connectivity index (χ3v) is 4.86. The van der Waals surface area contributed by atoms with E-state index in [1.54, 1.807) is 32.1 Å². The number of hydrogen-bond donors (Lipinski definition) is 2. The number of nitrogens with one attached hydrogen (secondary N) is 2. The third kappa shape index (κ3) is 7.26. The van der Waals surface area contributed by atoms with Crippen molar-refractivity contribution in [3.63, 3.8) is 0 Å². The van der Waals surface area contributed by atoms with E-state index in [0.717, 1.165) is 28.1 Å². The number of benzene rings is 1. The number of carbonyl (C=O) groups excluding carboxylic acids is 3. The molecule has 2 aromatic rings. The summed E-state index contributed by atoms with van der Waals surface area (Å²) in [6.45, 7) is 6.84. The predicted molar refractivity (Wildman–Crippen MR) is 109 cm³/mol. The van der Waals surface area contributed by atoms with Gasteiger partial charge in [-0.1, -0.05) is 12.1 Å². The molecule has 0 aliphatic carbocycles. The topological polar surface area (TPSA) is 97.4 Å². The van der Waals surface area contributed by atoms with Crippen LogP contribution in [0.25, 0.3) is 10.2 Å². The maximum atomic E-state index is 11.9. The maximum absolute atomic E-state index is 11.9. The Kier molecular flexibility index (Phi) is 7.51. The number of imide groups is 1. The van der Waals surface area contributed by atoms with Crippen molar-refractivity contribution >= 4 is 39.5 Å². The summed E-state index contributed by atoms with van der Waals surface area (Å²) in [7, 11) is 0. The lowest BCUT2D eigenvalue weighted by Gasteiger charge is -2.21. The number of thiazole rings is 1. The molecule has 0 fully saturated rings. The number of nitrogens with zero attached hydrogens (tertiary/aromatic N) is 1. The third-order valence-electron chi connectivity index (χ3n) is 3.76. The first-order valence-corrected chi connectivity index (χ1v) is 10.1. The predicted octanol–water partition coefficient (Wildman–Crippen LogP) is 3.57. The Hall–Kier alpha value is -2.48. The Labute approximate surface area is 168 Å². The highest BCUT2D eigenvalue weighted by atomic mass is 32.1. The van der Waals surface area contributed by atoms with Gasteiger partial charge in [0.2, 0.25) is 0 Å². The minimum atomic E-state index is -1.03. The Bertz CT molecular complexity index is 808. The highest BCUT2D eigenvalue weighted by Gasteiger charge is 2.21. The van der Waals surface area contributed by atoms with Gasteiger partial charge in [0.25, 0.3) is 5.91 Å². The number of aromatic nitrogens is 1. The van der Waals surface area contributed by atoms with Crippen LogP contribution in [0, 0.1) is 0 Å². The second kappa shape index (κ2) is 9.64. The van der Waals surface area contributed by atoms with Crippen LogP contribution in [0.2, 0.25) is 0 Å². The number of carbonyl (C=O) groups is 3. The number of fused-ring (bicyclic) bond motifs is 1. The molecule has 152 valence electrons. The monoisotopic (exact) mass is 405 g/mol. The van der Waals surface area contributed by atoms with E-state index in [1.807, 2.05) is 24.3 Å². The van der Waals surface area contributed by atoms with Crippen molar-refractivity contribution in [1.82, 2.24) is 15.6 Å². The molecule has 0 saturated heterocycles. The molecule has 1 aromatic heterocycles. The molecule has 0 unspecified atom stereocenters. The van der Waals surface area contributed by atoms with Crippen LogP contribution in [-0.2, 0) is 20.7 Å². The van der Waals surface area contributed by atoms with Crippen LogP contribution in [0.5, 0.6) is 0 Å². The Morgan fingerprint density at radius 3 is 2.57 bits per heavy atom. The van der Waals surface area contributed by atoms with E-state index < -0.39 is 29.6 Å². The van der Waals surface area contributed by atoms with Crippen LogP contribution in [0.15, 0.2) is 24.3 Å². The van der Waals surface area contributed by atoms with Crippen LogP contribution < -0.4 is 10.6 Å². The largest absolute Gasteiger partial charge is 0.453 e. The average Bonchev–Trinajstić information content (AvgIpc) is 2.99. The van der Waals surface area contributed by atoms with Crippen molar-refractivity contribution in [2.45, 2.75) is 65.0 Å². The van der Waals surface area contributed by atoms with Crippen LogP contribution in [0.3, 0.4) is 0 Å². The van der Waals surface area contributed by atoms with Gasteiger partial charge in [-0.2, -0.15) is 0 Å². The molecule has 0 aliphatic heterocycles. The fraction of sp³-hybridized carbons (Fsp3) is 0.500. The van der Waals surface area contributed by atoms with Crippen LogP contribution >= 0.6 is 11.3 Å². The molecule has 3 amide bonds. The van der Waals surface area contributed by atoms with E-state index in [-0.39, 0.29) is 6.42 Å². The summed E-state index contributed by atoms with van der Waals surface area (Å²) >= 11 is 1.66. The summed E-state index contributed by atoms with van der Waals surface area (Å²) in [5, 5.41) is 5.83. The van der Waals surface area contributed by atoms with Gasteiger partial charge < -0.3 is 10.1 Å². The molecule has 28 heavy (non-hydrogen) atoms. The van der Waals surface area contributed by atoms with Crippen LogP contribution in [-0.4, -0.2) is 34.5 Å². The Morgan fingerprint density at radius 2 is 1.89 bits per heavy atom.